The molecule has 0 saturated carbocycles. The molecular weight excluding hydrogens is 306 g/mol. The maximum Gasteiger partial charge on any atom is 0.153 e. The van der Waals surface area contributed by atoms with Crippen molar-refractivity contribution in [2.45, 2.75) is 19.6 Å². The van der Waals surface area contributed by atoms with Gasteiger partial charge in [-0.25, -0.2) is 14.2 Å². The van der Waals surface area contributed by atoms with Crippen LogP contribution in [-0.4, -0.2) is 40.9 Å². The van der Waals surface area contributed by atoms with Crippen LogP contribution in [0.5, 0.6) is 5.75 Å². The fourth-order valence-corrected chi connectivity index (χ4v) is 2.49. The third-order valence-electron chi connectivity index (χ3n) is 3.56. The minimum absolute atomic E-state index is 0.0622. The monoisotopic (exact) mass is 321 g/mol. The molecule has 0 N–H and O–H groups in total. The predicted molar refractivity (Wildman–Crippen MR) is 86.3 cm³/mol. The molecule has 0 bridgehead atoms. The Hall–Kier alpha value is -3.29. The molecule has 4 aromatic rings. The van der Waals surface area contributed by atoms with Gasteiger partial charge < -0.3 is 4.74 Å². The molecule has 1 aromatic carbocycles. The van der Waals surface area contributed by atoms with Crippen molar-refractivity contribution >= 4 is 5.65 Å². The second kappa shape index (κ2) is 6.07. The van der Waals surface area contributed by atoms with Gasteiger partial charge in [-0.15, -0.1) is 5.10 Å². The van der Waals surface area contributed by atoms with Crippen molar-refractivity contribution in [3.63, 3.8) is 0 Å². The second-order valence-electron chi connectivity index (χ2n) is 5.44. The number of nitrogens with zero attached hydrogens (tertiary/aromatic N) is 7. The van der Waals surface area contributed by atoms with E-state index in [4.69, 9.17) is 4.74 Å². The molecule has 0 spiro atoms. The van der Waals surface area contributed by atoms with Crippen LogP contribution in [0, 0.1) is 0 Å². The Kier molecular flexibility index (Phi) is 3.62. The summed E-state index contributed by atoms with van der Waals surface area (Å²) in [5, 5.41) is 15.6. The van der Waals surface area contributed by atoms with Gasteiger partial charge in [0.05, 0.1) is 12.2 Å². The first kappa shape index (κ1) is 14.3. The van der Waals surface area contributed by atoms with Crippen molar-refractivity contribution < 1.29 is 4.74 Å². The first-order valence-corrected chi connectivity index (χ1v) is 7.56. The van der Waals surface area contributed by atoms with Gasteiger partial charge in [0.2, 0.25) is 0 Å². The van der Waals surface area contributed by atoms with E-state index in [2.05, 4.69) is 25.6 Å². The molecule has 0 radical (unpaired) electrons. The maximum atomic E-state index is 5.96. The third-order valence-corrected chi connectivity index (χ3v) is 3.56. The molecule has 0 unspecified atom stereocenters. The predicted octanol–water partition coefficient (Wildman–Crippen LogP) is 1.85. The van der Waals surface area contributed by atoms with Gasteiger partial charge in [-0.2, -0.15) is 5.10 Å². The summed E-state index contributed by atoms with van der Waals surface area (Å²) >= 11 is 0. The second-order valence-corrected chi connectivity index (χ2v) is 5.44. The largest absolute Gasteiger partial charge is 0.489 e. The quantitative estimate of drug-likeness (QED) is 0.558. The molecule has 4 rings (SSSR count). The van der Waals surface area contributed by atoms with Crippen LogP contribution in [0.3, 0.4) is 0 Å². The van der Waals surface area contributed by atoms with E-state index in [1.54, 1.807) is 21.7 Å². The summed E-state index contributed by atoms with van der Waals surface area (Å²) in [5.74, 6) is 0.778. The highest BCUT2D eigenvalue weighted by Crippen LogP contribution is 2.23. The maximum absolute atomic E-state index is 5.96. The average molecular weight is 321 g/mol. The number of fused-ring (bicyclic) bond motifs is 1. The Morgan fingerprint density at radius 2 is 2.17 bits per heavy atom. The zero-order chi connectivity index (χ0) is 16.4. The lowest BCUT2D eigenvalue weighted by atomic mass is 10.1. The lowest BCUT2D eigenvalue weighted by Crippen LogP contribution is -2.20. The molecule has 0 aliphatic carbocycles. The van der Waals surface area contributed by atoms with Crippen LogP contribution in [0.4, 0.5) is 0 Å². The van der Waals surface area contributed by atoms with Gasteiger partial charge in [-0.1, -0.05) is 12.1 Å². The first-order chi connectivity index (χ1) is 11.8. The number of hydrogen-bond acceptors (Lipinski definition) is 6. The van der Waals surface area contributed by atoms with Gasteiger partial charge >= 0.3 is 0 Å². The lowest BCUT2D eigenvalue weighted by molar-refractivity contribution is 0.193. The molecule has 120 valence electrons. The van der Waals surface area contributed by atoms with E-state index in [9.17, 15) is 0 Å². The van der Waals surface area contributed by atoms with Gasteiger partial charge in [0.1, 0.15) is 18.2 Å². The van der Waals surface area contributed by atoms with Crippen LogP contribution < -0.4 is 4.74 Å². The van der Waals surface area contributed by atoms with Crippen LogP contribution >= 0.6 is 0 Å². The summed E-state index contributed by atoms with van der Waals surface area (Å²) in [7, 11) is 0. The molecule has 24 heavy (non-hydrogen) atoms. The molecule has 3 heterocycles. The Bertz CT molecular complexity index is 948. The smallest absolute Gasteiger partial charge is 0.153 e. The Balaban J connectivity index is 1.54. The lowest BCUT2D eigenvalue weighted by Gasteiger charge is -2.14. The van der Waals surface area contributed by atoms with Crippen molar-refractivity contribution in [3.8, 4) is 17.0 Å². The van der Waals surface area contributed by atoms with E-state index in [0.29, 0.717) is 6.54 Å². The molecule has 8 heteroatoms. The summed E-state index contributed by atoms with van der Waals surface area (Å²) in [4.78, 5) is 4.20. The highest BCUT2D eigenvalue weighted by molar-refractivity contribution is 5.62. The summed E-state index contributed by atoms with van der Waals surface area (Å²) < 4.78 is 9.35. The Labute approximate surface area is 137 Å². The molecule has 0 amide bonds. The normalized spacial score (nSPS) is 12.4. The molecule has 0 fully saturated rings. The summed E-state index contributed by atoms with van der Waals surface area (Å²) in [6, 6.07) is 11.7. The van der Waals surface area contributed by atoms with Crippen molar-refractivity contribution in [1.82, 2.24) is 34.8 Å². The first-order valence-electron chi connectivity index (χ1n) is 7.56. The molecule has 1 atom stereocenters. The fraction of sp³-hybridized carbons (Fsp3) is 0.188. The van der Waals surface area contributed by atoms with E-state index in [1.807, 2.05) is 49.5 Å². The van der Waals surface area contributed by atoms with Crippen molar-refractivity contribution in [3.05, 3.63) is 55.1 Å². The third kappa shape index (κ3) is 2.94. The van der Waals surface area contributed by atoms with E-state index in [0.717, 1.165) is 22.7 Å². The number of benzene rings is 1. The van der Waals surface area contributed by atoms with Crippen molar-refractivity contribution in [1.29, 1.82) is 0 Å². The highest BCUT2D eigenvalue weighted by atomic mass is 16.5. The highest BCUT2D eigenvalue weighted by Gasteiger charge is 2.08. The number of ether oxygens (including phenoxy) is 1. The van der Waals surface area contributed by atoms with Crippen LogP contribution in [0.2, 0.25) is 0 Å². The van der Waals surface area contributed by atoms with E-state index < -0.39 is 0 Å². The van der Waals surface area contributed by atoms with Gasteiger partial charge in [0.15, 0.2) is 5.65 Å². The summed E-state index contributed by atoms with van der Waals surface area (Å²) in [6.45, 7) is 2.56. The number of tetrazole rings is 1. The van der Waals surface area contributed by atoms with E-state index in [-0.39, 0.29) is 6.10 Å². The van der Waals surface area contributed by atoms with Gasteiger partial charge in [-0.05, 0) is 41.6 Å². The van der Waals surface area contributed by atoms with Crippen molar-refractivity contribution in [2.75, 3.05) is 0 Å². The van der Waals surface area contributed by atoms with Crippen LogP contribution in [0.25, 0.3) is 16.9 Å². The van der Waals surface area contributed by atoms with E-state index in [1.165, 1.54) is 0 Å². The number of rotatable bonds is 5. The SMILES string of the molecule is C[C@@H](Cn1cnnn1)Oc1cccc(-c2ccc3nccn3n2)c1. The molecular formula is C16H15N7O. The Morgan fingerprint density at radius 1 is 1.21 bits per heavy atom. The number of aromatic nitrogens is 7. The van der Waals surface area contributed by atoms with Gasteiger partial charge in [0.25, 0.3) is 0 Å². The van der Waals surface area contributed by atoms with Crippen LogP contribution in [0.1, 0.15) is 6.92 Å². The zero-order valence-electron chi connectivity index (χ0n) is 13.0. The average Bonchev–Trinajstić information content (AvgIpc) is 3.25. The minimum Gasteiger partial charge on any atom is -0.489 e. The van der Waals surface area contributed by atoms with Crippen LogP contribution in [0.15, 0.2) is 55.1 Å². The summed E-state index contributed by atoms with van der Waals surface area (Å²) in [5.41, 5.74) is 2.66. The zero-order valence-corrected chi connectivity index (χ0v) is 13.0. The molecule has 0 aliphatic rings. The molecule has 0 saturated heterocycles. The molecule has 3 aromatic heterocycles. The number of imidazole rings is 1. The van der Waals surface area contributed by atoms with Gasteiger partial charge in [-0.3, -0.25) is 0 Å². The minimum atomic E-state index is -0.0622. The summed E-state index contributed by atoms with van der Waals surface area (Å²) in [6.07, 6.45) is 5.06. The van der Waals surface area contributed by atoms with Crippen LogP contribution in [-0.2, 0) is 6.54 Å². The van der Waals surface area contributed by atoms with Gasteiger partial charge in [0, 0.05) is 18.0 Å². The van der Waals surface area contributed by atoms with Crippen molar-refractivity contribution in [2.24, 2.45) is 0 Å². The topological polar surface area (TPSA) is 83.0 Å². The molecule has 8 nitrogen and oxygen atoms in total. The van der Waals surface area contributed by atoms with E-state index >= 15 is 0 Å². The Morgan fingerprint density at radius 3 is 3.04 bits per heavy atom. The molecule has 0 aliphatic heterocycles. The number of hydrogen-bond donors (Lipinski definition) is 0. The fourth-order valence-electron chi connectivity index (χ4n) is 2.49. The standard InChI is InChI=1S/C16H15N7O/c1-12(10-22-11-18-20-21-22)24-14-4-2-3-13(9-14)15-5-6-16-17-7-8-23(16)19-15/h2-9,11-12H,10H2,1H3/t12-/m0/s1.